The first-order chi connectivity index (χ1) is 8.83. The summed E-state index contributed by atoms with van der Waals surface area (Å²) in [6.07, 6.45) is 0. The lowest BCUT2D eigenvalue weighted by molar-refractivity contribution is -0.385. The first-order valence-corrected chi connectivity index (χ1v) is 5.81. The molecule has 1 aromatic rings. The fourth-order valence-corrected chi connectivity index (χ4v) is 1.56. The van der Waals surface area contributed by atoms with Crippen molar-refractivity contribution in [3.05, 3.63) is 33.4 Å². The van der Waals surface area contributed by atoms with Crippen LogP contribution in [-0.4, -0.2) is 24.1 Å². The maximum absolute atomic E-state index is 10.9. The maximum Gasteiger partial charge on any atom is 0.276 e. The highest BCUT2D eigenvalue weighted by Gasteiger charge is 2.23. The Morgan fingerprint density at radius 2 is 2.11 bits per heavy atom. The predicted molar refractivity (Wildman–Crippen MR) is 71.1 cm³/mol. The van der Waals surface area contributed by atoms with Crippen molar-refractivity contribution in [2.45, 2.75) is 26.3 Å². The Morgan fingerprint density at radius 1 is 1.47 bits per heavy atom. The number of benzene rings is 1. The summed E-state index contributed by atoms with van der Waals surface area (Å²) in [4.78, 5) is 10.4. The van der Waals surface area contributed by atoms with Gasteiger partial charge in [0.15, 0.2) is 0 Å². The van der Waals surface area contributed by atoms with E-state index in [1.165, 1.54) is 6.07 Å². The van der Waals surface area contributed by atoms with E-state index in [4.69, 9.17) is 10.00 Å². The van der Waals surface area contributed by atoms with E-state index in [1.807, 2.05) is 6.92 Å². The van der Waals surface area contributed by atoms with Crippen LogP contribution < -0.4 is 10.1 Å². The van der Waals surface area contributed by atoms with Gasteiger partial charge in [-0.1, -0.05) is 0 Å². The predicted octanol–water partition coefficient (Wildman–Crippen LogP) is 2.09. The molecule has 0 fully saturated rings. The molecule has 0 aliphatic rings. The molecule has 1 unspecified atom stereocenters. The van der Waals surface area contributed by atoms with Crippen LogP contribution in [0.1, 0.15) is 18.1 Å². The highest BCUT2D eigenvalue weighted by molar-refractivity contribution is 5.49. The van der Waals surface area contributed by atoms with Crippen LogP contribution >= 0.6 is 0 Å². The van der Waals surface area contributed by atoms with Crippen LogP contribution in [0.3, 0.4) is 0 Å². The van der Waals surface area contributed by atoms with Gasteiger partial charge >= 0.3 is 0 Å². The molecule has 6 heteroatoms. The van der Waals surface area contributed by atoms with Crippen molar-refractivity contribution in [3.63, 3.8) is 0 Å². The summed E-state index contributed by atoms with van der Waals surface area (Å²) in [7, 11) is 1.66. The molecule has 6 nitrogen and oxygen atoms in total. The third-order valence-corrected chi connectivity index (χ3v) is 3.01. The topological polar surface area (TPSA) is 88.2 Å². The molecule has 0 heterocycles. The van der Waals surface area contributed by atoms with Crippen LogP contribution in [0.15, 0.2) is 12.1 Å². The van der Waals surface area contributed by atoms with Crippen LogP contribution in [0.5, 0.6) is 5.75 Å². The minimum absolute atomic E-state index is 0.0173. The lowest BCUT2D eigenvalue weighted by Gasteiger charge is -2.21. The van der Waals surface area contributed by atoms with E-state index in [0.29, 0.717) is 11.3 Å². The number of nitro groups is 1. The van der Waals surface area contributed by atoms with Gasteiger partial charge in [-0.15, -0.1) is 0 Å². The number of rotatable bonds is 5. The smallest absolute Gasteiger partial charge is 0.276 e. The standard InChI is InChI=1S/C13H17N3O3/c1-9-5-10(2)12(6-11(9)16(17)18)19-8-13(3,7-14)15-4/h5-6,15H,8H2,1-4H3. The zero-order valence-corrected chi connectivity index (χ0v) is 11.5. The van der Waals surface area contributed by atoms with Gasteiger partial charge in [0.1, 0.15) is 17.9 Å². The van der Waals surface area contributed by atoms with Crippen molar-refractivity contribution in [2.24, 2.45) is 0 Å². The number of nitro benzene ring substituents is 1. The van der Waals surface area contributed by atoms with Crippen LogP contribution in [0.4, 0.5) is 5.69 Å². The second-order valence-corrected chi connectivity index (χ2v) is 4.64. The van der Waals surface area contributed by atoms with Crippen molar-refractivity contribution in [3.8, 4) is 11.8 Å². The molecule has 0 aromatic heterocycles. The third-order valence-electron chi connectivity index (χ3n) is 3.01. The summed E-state index contributed by atoms with van der Waals surface area (Å²) in [5.74, 6) is 0.425. The van der Waals surface area contributed by atoms with Crippen LogP contribution in [-0.2, 0) is 0 Å². The number of ether oxygens (including phenoxy) is 1. The second-order valence-electron chi connectivity index (χ2n) is 4.64. The summed E-state index contributed by atoms with van der Waals surface area (Å²) in [5, 5.41) is 22.7. The first-order valence-electron chi connectivity index (χ1n) is 5.81. The number of nitrogens with one attached hydrogen (secondary N) is 1. The van der Waals surface area contributed by atoms with E-state index in [1.54, 1.807) is 27.0 Å². The third kappa shape index (κ3) is 3.42. The minimum Gasteiger partial charge on any atom is -0.490 e. The fraction of sp³-hybridized carbons (Fsp3) is 0.462. The first kappa shape index (κ1) is 14.9. The Morgan fingerprint density at radius 3 is 2.58 bits per heavy atom. The number of nitrogens with zero attached hydrogens (tertiary/aromatic N) is 2. The van der Waals surface area contributed by atoms with E-state index in [0.717, 1.165) is 5.56 Å². The Hall–Kier alpha value is -2.13. The molecule has 0 saturated carbocycles. The SMILES string of the molecule is CNC(C)(C#N)COc1cc([N+](=O)[O-])c(C)cc1C. The highest BCUT2D eigenvalue weighted by Crippen LogP contribution is 2.28. The summed E-state index contributed by atoms with van der Waals surface area (Å²) < 4.78 is 5.54. The van der Waals surface area contributed by atoms with Crippen LogP contribution in [0.25, 0.3) is 0 Å². The zero-order chi connectivity index (χ0) is 14.6. The number of nitriles is 1. The van der Waals surface area contributed by atoms with Gasteiger partial charge in [0.05, 0.1) is 17.1 Å². The van der Waals surface area contributed by atoms with Crippen molar-refractivity contribution in [2.75, 3.05) is 13.7 Å². The molecule has 0 aliphatic heterocycles. The Labute approximate surface area is 112 Å². The van der Waals surface area contributed by atoms with Gasteiger partial charge < -0.3 is 4.74 Å². The van der Waals surface area contributed by atoms with Gasteiger partial charge in [-0.25, -0.2) is 0 Å². The van der Waals surface area contributed by atoms with Gasteiger partial charge in [-0.2, -0.15) is 5.26 Å². The molecule has 0 aliphatic carbocycles. The summed E-state index contributed by atoms with van der Waals surface area (Å²) in [6, 6.07) is 5.20. The molecule has 1 aromatic carbocycles. The summed E-state index contributed by atoms with van der Waals surface area (Å²) in [5.41, 5.74) is 0.585. The lowest BCUT2D eigenvalue weighted by Crippen LogP contribution is -2.43. The average molecular weight is 263 g/mol. The molecule has 0 bridgehead atoms. The Kier molecular flexibility index (Phi) is 4.46. The number of aryl methyl sites for hydroxylation is 2. The van der Waals surface area contributed by atoms with Crippen molar-refractivity contribution in [1.82, 2.24) is 5.32 Å². The Balaban J connectivity index is 3.00. The number of hydrogen-bond acceptors (Lipinski definition) is 5. The van der Waals surface area contributed by atoms with Crippen molar-refractivity contribution >= 4 is 5.69 Å². The molecular formula is C13H17N3O3. The molecule has 1 rings (SSSR count). The molecular weight excluding hydrogens is 246 g/mol. The molecule has 102 valence electrons. The maximum atomic E-state index is 10.9. The highest BCUT2D eigenvalue weighted by atomic mass is 16.6. The van der Waals surface area contributed by atoms with E-state index < -0.39 is 10.5 Å². The zero-order valence-electron chi connectivity index (χ0n) is 11.5. The van der Waals surface area contributed by atoms with Crippen LogP contribution in [0, 0.1) is 35.3 Å². The molecule has 0 radical (unpaired) electrons. The quantitative estimate of drug-likeness (QED) is 0.649. The normalized spacial score (nSPS) is 13.4. The van der Waals surface area contributed by atoms with Crippen LogP contribution in [0.2, 0.25) is 0 Å². The van der Waals surface area contributed by atoms with Crippen molar-refractivity contribution < 1.29 is 9.66 Å². The summed E-state index contributed by atoms with van der Waals surface area (Å²) in [6.45, 7) is 5.31. The molecule has 1 N–H and O–H groups in total. The minimum atomic E-state index is -0.827. The molecule has 1 atom stereocenters. The van der Waals surface area contributed by atoms with Gasteiger partial charge in [0.25, 0.3) is 5.69 Å². The monoisotopic (exact) mass is 263 g/mol. The average Bonchev–Trinajstić information content (AvgIpc) is 2.37. The summed E-state index contributed by atoms with van der Waals surface area (Å²) >= 11 is 0. The van der Waals surface area contributed by atoms with E-state index in [2.05, 4.69) is 11.4 Å². The number of hydrogen-bond donors (Lipinski definition) is 1. The second kappa shape index (κ2) is 5.67. The molecule has 0 spiro atoms. The van der Waals surface area contributed by atoms with E-state index in [9.17, 15) is 10.1 Å². The largest absolute Gasteiger partial charge is 0.490 e. The van der Waals surface area contributed by atoms with E-state index >= 15 is 0 Å². The van der Waals surface area contributed by atoms with Gasteiger partial charge in [0, 0.05) is 5.56 Å². The molecule has 0 amide bonds. The Bertz CT molecular complexity index is 537. The fourth-order valence-electron chi connectivity index (χ4n) is 1.56. The van der Waals surface area contributed by atoms with Crippen molar-refractivity contribution in [1.29, 1.82) is 5.26 Å². The molecule has 0 saturated heterocycles. The van der Waals surface area contributed by atoms with Gasteiger partial charge in [-0.3, -0.25) is 15.4 Å². The van der Waals surface area contributed by atoms with Gasteiger partial charge in [-0.05, 0) is 39.4 Å². The molecule has 19 heavy (non-hydrogen) atoms. The number of likely N-dealkylation sites (N-methyl/N-ethyl adjacent to an activating group) is 1. The van der Waals surface area contributed by atoms with Gasteiger partial charge in [0.2, 0.25) is 0 Å². The van der Waals surface area contributed by atoms with E-state index in [-0.39, 0.29) is 12.3 Å². The lowest BCUT2D eigenvalue weighted by atomic mass is 10.1.